The SMILES string of the molecule is CC1CC=CC2=C1c1ccccc1C2(c1ccccc1)c1ccccc1. The Bertz CT molecular complexity index is 967. The summed E-state index contributed by atoms with van der Waals surface area (Å²) in [4.78, 5) is 0. The summed E-state index contributed by atoms with van der Waals surface area (Å²) in [5, 5.41) is 0. The molecule has 0 amide bonds. The van der Waals surface area contributed by atoms with E-state index in [-0.39, 0.29) is 5.41 Å². The zero-order valence-electron chi connectivity index (χ0n) is 15.0. The van der Waals surface area contributed by atoms with Crippen molar-refractivity contribution in [2.45, 2.75) is 18.8 Å². The largest absolute Gasteiger partial charge is 0.0836 e. The monoisotopic (exact) mass is 334 g/mol. The van der Waals surface area contributed by atoms with Crippen LogP contribution in [0.2, 0.25) is 0 Å². The van der Waals surface area contributed by atoms with Crippen LogP contribution in [0.4, 0.5) is 0 Å². The summed E-state index contributed by atoms with van der Waals surface area (Å²) in [6.45, 7) is 2.36. The molecular formula is C26H22. The molecule has 0 saturated carbocycles. The van der Waals surface area contributed by atoms with Crippen molar-refractivity contribution in [1.82, 2.24) is 0 Å². The van der Waals surface area contributed by atoms with Crippen molar-refractivity contribution in [3.8, 4) is 0 Å². The molecule has 0 spiro atoms. The first-order valence-corrected chi connectivity index (χ1v) is 9.45. The molecule has 0 heteroatoms. The number of rotatable bonds is 2. The molecule has 1 unspecified atom stereocenters. The molecule has 0 nitrogen and oxygen atoms in total. The van der Waals surface area contributed by atoms with Crippen LogP contribution in [0.1, 0.15) is 35.6 Å². The molecule has 0 radical (unpaired) electrons. The quantitative estimate of drug-likeness (QED) is 0.510. The lowest BCUT2D eigenvalue weighted by Gasteiger charge is -2.35. The highest BCUT2D eigenvalue weighted by atomic mass is 14.5. The molecule has 0 bridgehead atoms. The molecule has 5 rings (SSSR count). The molecule has 2 aliphatic rings. The van der Waals surface area contributed by atoms with Gasteiger partial charge in [-0.15, -0.1) is 0 Å². The van der Waals surface area contributed by atoms with Crippen LogP contribution in [-0.2, 0) is 5.41 Å². The minimum atomic E-state index is -0.223. The van der Waals surface area contributed by atoms with Gasteiger partial charge in [-0.3, -0.25) is 0 Å². The highest BCUT2D eigenvalue weighted by Crippen LogP contribution is 2.57. The van der Waals surface area contributed by atoms with Gasteiger partial charge in [0.05, 0.1) is 5.41 Å². The lowest BCUT2D eigenvalue weighted by molar-refractivity contribution is 0.722. The summed E-state index contributed by atoms with van der Waals surface area (Å²) < 4.78 is 0. The maximum absolute atomic E-state index is 2.38. The zero-order valence-corrected chi connectivity index (χ0v) is 15.0. The summed E-state index contributed by atoms with van der Waals surface area (Å²) >= 11 is 0. The highest BCUT2D eigenvalue weighted by molar-refractivity contribution is 5.89. The molecule has 1 atom stereocenters. The molecule has 0 heterocycles. The maximum atomic E-state index is 2.38. The summed E-state index contributed by atoms with van der Waals surface area (Å²) in [7, 11) is 0. The zero-order chi connectivity index (χ0) is 17.6. The molecule has 2 aliphatic carbocycles. The second kappa shape index (κ2) is 5.85. The minimum Gasteiger partial charge on any atom is -0.0836 e. The Balaban J connectivity index is 1.95. The van der Waals surface area contributed by atoms with Gasteiger partial charge in [0.15, 0.2) is 0 Å². The van der Waals surface area contributed by atoms with Crippen LogP contribution in [0.15, 0.2) is 103 Å². The fraction of sp³-hybridized carbons (Fsp3) is 0.154. The number of fused-ring (bicyclic) bond motifs is 2. The van der Waals surface area contributed by atoms with Gasteiger partial charge in [0.1, 0.15) is 0 Å². The molecule has 126 valence electrons. The first kappa shape index (κ1) is 15.4. The van der Waals surface area contributed by atoms with Crippen LogP contribution in [-0.4, -0.2) is 0 Å². The first-order valence-electron chi connectivity index (χ1n) is 9.45. The van der Waals surface area contributed by atoms with Crippen molar-refractivity contribution in [3.63, 3.8) is 0 Å². The van der Waals surface area contributed by atoms with E-state index >= 15 is 0 Å². The lowest BCUT2D eigenvalue weighted by atomic mass is 9.66. The molecule has 3 aromatic carbocycles. The maximum Gasteiger partial charge on any atom is 0.0710 e. The second-order valence-electron chi connectivity index (χ2n) is 7.39. The Labute approximate surface area is 155 Å². The van der Waals surface area contributed by atoms with Gasteiger partial charge < -0.3 is 0 Å². The van der Waals surface area contributed by atoms with E-state index < -0.39 is 0 Å². The normalized spacial score (nSPS) is 20.0. The van der Waals surface area contributed by atoms with Crippen molar-refractivity contribution in [2.24, 2.45) is 5.92 Å². The molecule has 0 fully saturated rings. The van der Waals surface area contributed by atoms with Crippen LogP contribution in [0.3, 0.4) is 0 Å². The topological polar surface area (TPSA) is 0 Å². The van der Waals surface area contributed by atoms with E-state index in [4.69, 9.17) is 0 Å². The van der Waals surface area contributed by atoms with E-state index in [1.165, 1.54) is 33.4 Å². The van der Waals surface area contributed by atoms with Gasteiger partial charge >= 0.3 is 0 Å². The Hall–Kier alpha value is -2.86. The van der Waals surface area contributed by atoms with Gasteiger partial charge in [0.25, 0.3) is 0 Å². The number of allylic oxidation sites excluding steroid dienone is 4. The molecule has 0 aliphatic heterocycles. The van der Waals surface area contributed by atoms with Crippen molar-refractivity contribution in [3.05, 3.63) is 125 Å². The van der Waals surface area contributed by atoms with E-state index in [0.29, 0.717) is 5.92 Å². The van der Waals surface area contributed by atoms with Crippen LogP contribution in [0.5, 0.6) is 0 Å². The fourth-order valence-corrected chi connectivity index (χ4v) is 4.96. The van der Waals surface area contributed by atoms with Crippen molar-refractivity contribution >= 4 is 5.57 Å². The second-order valence-corrected chi connectivity index (χ2v) is 7.39. The van der Waals surface area contributed by atoms with Gasteiger partial charge in [0.2, 0.25) is 0 Å². The Kier molecular flexibility index (Phi) is 3.46. The van der Waals surface area contributed by atoms with Crippen LogP contribution in [0.25, 0.3) is 5.57 Å². The standard InChI is InChI=1S/C26H22/c1-19-11-10-18-24-25(19)22-16-8-9-17-23(22)26(24,20-12-4-2-5-13-20)21-14-6-3-7-15-21/h2-10,12-19H,11H2,1H3. The van der Waals surface area contributed by atoms with E-state index in [0.717, 1.165) is 6.42 Å². The minimum absolute atomic E-state index is 0.223. The molecule has 0 N–H and O–H groups in total. The summed E-state index contributed by atoms with van der Waals surface area (Å²) in [5.74, 6) is 0.547. The summed E-state index contributed by atoms with van der Waals surface area (Å²) in [6, 6.07) is 31.0. The third-order valence-electron chi connectivity index (χ3n) is 6.00. The first-order chi connectivity index (χ1) is 12.8. The van der Waals surface area contributed by atoms with Crippen LogP contribution >= 0.6 is 0 Å². The summed E-state index contributed by atoms with van der Waals surface area (Å²) in [6.07, 6.45) is 5.86. The Morgan fingerprint density at radius 3 is 1.96 bits per heavy atom. The highest BCUT2D eigenvalue weighted by Gasteiger charge is 2.47. The van der Waals surface area contributed by atoms with Gasteiger partial charge in [-0.2, -0.15) is 0 Å². The van der Waals surface area contributed by atoms with Crippen molar-refractivity contribution in [1.29, 1.82) is 0 Å². The van der Waals surface area contributed by atoms with Crippen molar-refractivity contribution < 1.29 is 0 Å². The van der Waals surface area contributed by atoms with E-state index in [9.17, 15) is 0 Å². The van der Waals surface area contributed by atoms with Crippen LogP contribution < -0.4 is 0 Å². The molecule has 3 aromatic rings. The third kappa shape index (κ3) is 1.96. The Morgan fingerprint density at radius 1 is 0.731 bits per heavy atom. The van der Waals surface area contributed by atoms with E-state index in [1.807, 2.05) is 0 Å². The number of hydrogen-bond donors (Lipinski definition) is 0. The number of hydrogen-bond acceptors (Lipinski definition) is 0. The number of benzene rings is 3. The molecule has 26 heavy (non-hydrogen) atoms. The third-order valence-corrected chi connectivity index (χ3v) is 6.00. The molecule has 0 aromatic heterocycles. The average molecular weight is 334 g/mol. The molecular weight excluding hydrogens is 312 g/mol. The molecule has 0 saturated heterocycles. The van der Waals surface area contributed by atoms with Gasteiger partial charge in [0, 0.05) is 0 Å². The fourth-order valence-electron chi connectivity index (χ4n) is 4.96. The predicted octanol–water partition coefficient (Wildman–Crippen LogP) is 6.38. The predicted molar refractivity (Wildman–Crippen MR) is 109 cm³/mol. The lowest BCUT2D eigenvalue weighted by Crippen LogP contribution is -2.29. The average Bonchev–Trinajstić information content (AvgIpc) is 3.02. The van der Waals surface area contributed by atoms with E-state index in [1.54, 1.807) is 0 Å². The van der Waals surface area contributed by atoms with E-state index in [2.05, 4.69) is 104 Å². The van der Waals surface area contributed by atoms with Crippen LogP contribution in [0, 0.1) is 5.92 Å². The van der Waals surface area contributed by atoms with Crippen molar-refractivity contribution in [2.75, 3.05) is 0 Å². The van der Waals surface area contributed by atoms with Gasteiger partial charge in [-0.25, -0.2) is 0 Å². The van der Waals surface area contributed by atoms with Gasteiger partial charge in [-0.1, -0.05) is 104 Å². The summed E-state index contributed by atoms with van der Waals surface area (Å²) in [5.41, 5.74) is 8.29. The smallest absolute Gasteiger partial charge is 0.0710 e. The van der Waals surface area contributed by atoms with Gasteiger partial charge in [-0.05, 0) is 45.7 Å². The Morgan fingerprint density at radius 2 is 1.31 bits per heavy atom.